The molecule has 0 aliphatic carbocycles. The highest BCUT2D eigenvalue weighted by atomic mass is 16.2. The van der Waals surface area contributed by atoms with Gasteiger partial charge in [0.15, 0.2) is 0 Å². The van der Waals surface area contributed by atoms with Crippen molar-refractivity contribution in [3.8, 4) is 0 Å². The lowest BCUT2D eigenvalue weighted by Crippen LogP contribution is -2.36. The van der Waals surface area contributed by atoms with Crippen LogP contribution in [-0.4, -0.2) is 31.4 Å². The van der Waals surface area contributed by atoms with Crippen LogP contribution in [0.1, 0.15) is 42.4 Å². The van der Waals surface area contributed by atoms with Gasteiger partial charge in [-0.05, 0) is 74.1 Å². The Morgan fingerprint density at radius 1 is 0.862 bits per heavy atom. The Labute approximate surface area is 173 Å². The maximum absolute atomic E-state index is 12.1. The number of nitrogens with one attached hydrogen (secondary N) is 2. The predicted molar refractivity (Wildman–Crippen MR) is 118 cm³/mol. The van der Waals surface area contributed by atoms with Crippen molar-refractivity contribution in [1.29, 1.82) is 0 Å². The summed E-state index contributed by atoms with van der Waals surface area (Å²) >= 11 is 0. The first-order valence-electron chi connectivity index (χ1n) is 10.5. The van der Waals surface area contributed by atoms with Crippen molar-refractivity contribution in [3.63, 3.8) is 0 Å². The Hall–Kier alpha value is -2.82. The maximum atomic E-state index is 12.1. The molecule has 29 heavy (non-hydrogen) atoms. The van der Waals surface area contributed by atoms with Crippen LogP contribution >= 0.6 is 0 Å². The minimum Gasteiger partial charge on any atom is -0.372 e. The zero-order chi connectivity index (χ0) is 20.6. The van der Waals surface area contributed by atoms with Gasteiger partial charge in [-0.25, -0.2) is 0 Å². The van der Waals surface area contributed by atoms with Crippen LogP contribution in [0.15, 0.2) is 42.5 Å². The third kappa shape index (κ3) is 6.08. The van der Waals surface area contributed by atoms with Crippen molar-refractivity contribution in [2.24, 2.45) is 0 Å². The molecule has 1 aliphatic heterocycles. The van der Waals surface area contributed by atoms with Crippen molar-refractivity contribution < 1.29 is 9.59 Å². The number of hydrogen-bond acceptors (Lipinski definition) is 3. The Balaban J connectivity index is 1.44. The largest absolute Gasteiger partial charge is 0.372 e. The molecule has 0 radical (unpaired) electrons. The van der Waals surface area contributed by atoms with Gasteiger partial charge in [-0.15, -0.1) is 0 Å². The van der Waals surface area contributed by atoms with E-state index >= 15 is 0 Å². The number of anilines is 2. The average molecular weight is 394 g/mol. The summed E-state index contributed by atoms with van der Waals surface area (Å²) in [6, 6.07) is 14.1. The highest BCUT2D eigenvalue weighted by molar-refractivity contribution is 6.39. The molecule has 2 aromatic carbocycles. The molecule has 0 saturated carbocycles. The van der Waals surface area contributed by atoms with E-state index in [4.69, 9.17) is 0 Å². The van der Waals surface area contributed by atoms with E-state index in [1.54, 1.807) is 6.07 Å². The second kappa shape index (κ2) is 10.1. The number of carbonyl (C=O) groups excluding carboxylic acids is 2. The van der Waals surface area contributed by atoms with E-state index in [2.05, 4.69) is 39.8 Å². The Bertz CT molecular complexity index is 838. The topological polar surface area (TPSA) is 61.4 Å². The van der Waals surface area contributed by atoms with Gasteiger partial charge < -0.3 is 15.5 Å². The van der Waals surface area contributed by atoms with Crippen LogP contribution < -0.4 is 15.5 Å². The molecule has 2 aromatic rings. The van der Waals surface area contributed by atoms with Crippen molar-refractivity contribution in [2.45, 2.75) is 46.0 Å². The molecule has 1 saturated heterocycles. The van der Waals surface area contributed by atoms with Crippen molar-refractivity contribution in [3.05, 3.63) is 59.2 Å². The lowest BCUT2D eigenvalue weighted by Gasteiger charge is -2.22. The van der Waals surface area contributed by atoms with Gasteiger partial charge in [0.1, 0.15) is 0 Å². The summed E-state index contributed by atoms with van der Waals surface area (Å²) in [5.41, 5.74) is 5.28. The number of carbonyl (C=O) groups is 2. The standard InChI is InChI=1S/C24H31N3O2/c1-18-7-10-21(17-19(18)2)26-24(29)23(28)25-14-13-20-8-11-22(12-9-20)27-15-5-3-4-6-16-27/h7-12,17H,3-6,13-16H2,1-2H3,(H,25,28)(H,26,29). The second-order valence-electron chi connectivity index (χ2n) is 7.83. The first-order valence-corrected chi connectivity index (χ1v) is 10.5. The normalized spacial score (nSPS) is 14.2. The zero-order valence-electron chi connectivity index (χ0n) is 17.5. The maximum Gasteiger partial charge on any atom is 0.313 e. The van der Waals surface area contributed by atoms with Crippen LogP contribution in [0, 0.1) is 13.8 Å². The number of rotatable bonds is 5. The third-order valence-corrected chi connectivity index (χ3v) is 5.58. The van der Waals surface area contributed by atoms with Crippen LogP contribution in [-0.2, 0) is 16.0 Å². The van der Waals surface area contributed by atoms with Crippen LogP contribution in [0.25, 0.3) is 0 Å². The Morgan fingerprint density at radius 2 is 1.55 bits per heavy atom. The van der Waals surface area contributed by atoms with E-state index in [1.807, 2.05) is 26.0 Å². The molecule has 5 nitrogen and oxygen atoms in total. The quantitative estimate of drug-likeness (QED) is 0.756. The molecule has 0 spiro atoms. The molecule has 0 bridgehead atoms. The van der Waals surface area contributed by atoms with Crippen LogP contribution in [0.3, 0.4) is 0 Å². The molecule has 1 heterocycles. The van der Waals surface area contributed by atoms with E-state index in [0.29, 0.717) is 18.7 Å². The Morgan fingerprint density at radius 3 is 2.21 bits per heavy atom. The fraction of sp³-hybridized carbons (Fsp3) is 0.417. The summed E-state index contributed by atoms with van der Waals surface area (Å²) in [5.74, 6) is -1.24. The fourth-order valence-electron chi connectivity index (χ4n) is 3.61. The third-order valence-electron chi connectivity index (χ3n) is 5.58. The van der Waals surface area contributed by atoms with E-state index in [1.165, 1.54) is 31.4 Å². The molecule has 1 aliphatic rings. The van der Waals surface area contributed by atoms with Crippen molar-refractivity contribution in [1.82, 2.24) is 5.32 Å². The fourth-order valence-corrected chi connectivity index (χ4v) is 3.61. The van der Waals surface area contributed by atoms with E-state index in [9.17, 15) is 9.59 Å². The SMILES string of the molecule is Cc1ccc(NC(=O)C(=O)NCCc2ccc(N3CCCCCC3)cc2)cc1C. The molecule has 1 fully saturated rings. The molecule has 5 heteroatoms. The van der Waals surface area contributed by atoms with Gasteiger partial charge >= 0.3 is 11.8 Å². The highest BCUT2D eigenvalue weighted by Crippen LogP contribution is 2.20. The second-order valence-corrected chi connectivity index (χ2v) is 7.83. The monoisotopic (exact) mass is 393 g/mol. The van der Waals surface area contributed by atoms with Crippen LogP contribution in [0.4, 0.5) is 11.4 Å². The molecule has 154 valence electrons. The molecule has 2 N–H and O–H groups in total. The molecular formula is C24H31N3O2. The van der Waals surface area contributed by atoms with Gasteiger partial charge in [0.25, 0.3) is 0 Å². The van der Waals surface area contributed by atoms with Gasteiger partial charge in [-0.1, -0.05) is 31.0 Å². The summed E-state index contributed by atoms with van der Waals surface area (Å²) < 4.78 is 0. The van der Waals surface area contributed by atoms with Gasteiger partial charge in [-0.3, -0.25) is 9.59 Å². The summed E-state index contributed by atoms with van der Waals surface area (Å²) in [7, 11) is 0. The number of hydrogen-bond donors (Lipinski definition) is 2. The van der Waals surface area contributed by atoms with Crippen molar-refractivity contribution in [2.75, 3.05) is 29.9 Å². The van der Waals surface area contributed by atoms with Crippen molar-refractivity contribution >= 4 is 23.2 Å². The smallest absolute Gasteiger partial charge is 0.313 e. The Kier molecular flexibility index (Phi) is 7.28. The summed E-state index contributed by atoms with van der Waals surface area (Å²) in [6.45, 7) is 6.68. The predicted octanol–water partition coefficient (Wildman–Crippen LogP) is 3.98. The number of amides is 2. The minimum atomic E-state index is -0.634. The van der Waals surface area contributed by atoms with Gasteiger partial charge in [-0.2, -0.15) is 0 Å². The van der Waals surface area contributed by atoms with Gasteiger partial charge in [0.2, 0.25) is 0 Å². The number of benzene rings is 2. The van der Waals surface area contributed by atoms with E-state index in [-0.39, 0.29) is 0 Å². The van der Waals surface area contributed by atoms with Crippen LogP contribution in [0.5, 0.6) is 0 Å². The first-order chi connectivity index (χ1) is 14.0. The molecular weight excluding hydrogens is 362 g/mol. The summed E-state index contributed by atoms with van der Waals surface area (Å²) in [5, 5.41) is 5.35. The lowest BCUT2D eigenvalue weighted by molar-refractivity contribution is -0.136. The first kappa shape index (κ1) is 20.9. The molecule has 0 unspecified atom stereocenters. The molecule has 0 aromatic heterocycles. The minimum absolute atomic E-state index is 0.433. The molecule has 0 atom stereocenters. The average Bonchev–Trinajstić information content (AvgIpc) is 3.01. The van der Waals surface area contributed by atoms with Gasteiger partial charge in [0.05, 0.1) is 0 Å². The van der Waals surface area contributed by atoms with E-state index in [0.717, 1.165) is 29.8 Å². The zero-order valence-corrected chi connectivity index (χ0v) is 17.5. The van der Waals surface area contributed by atoms with Gasteiger partial charge in [0, 0.05) is 31.0 Å². The number of nitrogens with zero attached hydrogens (tertiary/aromatic N) is 1. The highest BCUT2D eigenvalue weighted by Gasteiger charge is 2.14. The summed E-state index contributed by atoms with van der Waals surface area (Å²) in [6.07, 6.45) is 5.87. The lowest BCUT2D eigenvalue weighted by atomic mass is 10.1. The molecule has 2 amide bonds. The van der Waals surface area contributed by atoms with Crippen LogP contribution in [0.2, 0.25) is 0 Å². The number of aryl methyl sites for hydroxylation is 2. The molecule has 3 rings (SSSR count). The van der Waals surface area contributed by atoms with E-state index < -0.39 is 11.8 Å². The summed E-state index contributed by atoms with van der Waals surface area (Å²) in [4.78, 5) is 26.6.